The molecule has 5 heteroatoms. The molecule has 0 amide bonds. The second-order valence-electron chi connectivity index (χ2n) is 4.66. The van der Waals surface area contributed by atoms with Gasteiger partial charge in [0.15, 0.2) is 6.10 Å². The minimum absolute atomic E-state index is 0.123. The zero-order valence-electron chi connectivity index (χ0n) is 11.7. The molecule has 0 aliphatic carbocycles. The Hall–Kier alpha value is -1.43. The fourth-order valence-electron chi connectivity index (χ4n) is 2.06. The summed E-state index contributed by atoms with van der Waals surface area (Å²) in [5, 5.41) is 3.17. The number of carbonyl (C=O) groups is 1. The molecule has 0 saturated carbocycles. The molecule has 0 spiro atoms. The van der Waals surface area contributed by atoms with Crippen LogP contribution in [0.4, 0.5) is 0 Å². The number of ether oxygens (including phenoxy) is 3. The number of hydrogen-bond acceptors (Lipinski definition) is 5. The van der Waals surface area contributed by atoms with Gasteiger partial charge in [-0.3, -0.25) is 0 Å². The zero-order chi connectivity index (χ0) is 14.2. The fourth-order valence-corrected chi connectivity index (χ4v) is 2.06. The summed E-state index contributed by atoms with van der Waals surface area (Å²) in [6.45, 7) is 4.34. The SMILES string of the molecule is CCOC(=O)C1CNC[C@@H](COCc2ccccc2)O1. The molecule has 20 heavy (non-hydrogen) atoms. The maximum Gasteiger partial charge on any atom is 0.336 e. The van der Waals surface area contributed by atoms with Gasteiger partial charge < -0.3 is 19.5 Å². The third-order valence-electron chi connectivity index (χ3n) is 3.02. The third-order valence-corrected chi connectivity index (χ3v) is 3.02. The Morgan fingerprint density at radius 1 is 1.35 bits per heavy atom. The van der Waals surface area contributed by atoms with Crippen molar-refractivity contribution in [2.75, 3.05) is 26.3 Å². The Bertz CT molecular complexity index is 410. The van der Waals surface area contributed by atoms with Crippen molar-refractivity contribution in [3.63, 3.8) is 0 Å². The second kappa shape index (κ2) is 7.99. The lowest BCUT2D eigenvalue weighted by molar-refractivity contribution is -0.166. The van der Waals surface area contributed by atoms with Crippen LogP contribution in [-0.2, 0) is 25.6 Å². The van der Waals surface area contributed by atoms with E-state index in [1.807, 2.05) is 30.3 Å². The van der Waals surface area contributed by atoms with Crippen molar-refractivity contribution < 1.29 is 19.0 Å². The van der Waals surface area contributed by atoms with Gasteiger partial charge in [-0.15, -0.1) is 0 Å². The molecule has 1 aliphatic rings. The van der Waals surface area contributed by atoms with Gasteiger partial charge in [0, 0.05) is 13.1 Å². The van der Waals surface area contributed by atoms with Crippen molar-refractivity contribution >= 4 is 5.97 Å². The first kappa shape index (κ1) is 15.0. The van der Waals surface area contributed by atoms with Gasteiger partial charge in [0.2, 0.25) is 0 Å². The Kier molecular flexibility index (Phi) is 5.98. The zero-order valence-corrected chi connectivity index (χ0v) is 11.7. The summed E-state index contributed by atoms with van der Waals surface area (Å²) in [6.07, 6.45) is -0.657. The molecule has 1 heterocycles. The fraction of sp³-hybridized carbons (Fsp3) is 0.533. The molecule has 1 saturated heterocycles. The van der Waals surface area contributed by atoms with Crippen molar-refractivity contribution in [3.8, 4) is 0 Å². The highest BCUT2D eigenvalue weighted by atomic mass is 16.6. The minimum Gasteiger partial charge on any atom is -0.464 e. The van der Waals surface area contributed by atoms with Gasteiger partial charge in [0.05, 0.1) is 25.9 Å². The van der Waals surface area contributed by atoms with Crippen LogP contribution in [0.25, 0.3) is 0 Å². The van der Waals surface area contributed by atoms with Crippen molar-refractivity contribution in [1.29, 1.82) is 0 Å². The number of morpholine rings is 1. The maximum absolute atomic E-state index is 11.6. The monoisotopic (exact) mass is 279 g/mol. The molecule has 0 aromatic heterocycles. The van der Waals surface area contributed by atoms with E-state index in [4.69, 9.17) is 14.2 Å². The van der Waals surface area contributed by atoms with Gasteiger partial charge in [0.25, 0.3) is 0 Å². The third kappa shape index (κ3) is 4.59. The summed E-state index contributed by atoms with van der Waals surface area (Å²) in [5.41, 5.74) is 1.12. The smallest absolute Gasteiger partial charge is 0.336 e. The summed E-state index contributed by atoms with van der Waals surface area (Å²) in [5.74, 6) is -0.312. The van der Waals surface area contributed by atoms with Crippen LogP contribution in [0.1, 0.15) is 12.5 Å². The summed E-state index contributed by atoms with van der Waals surface area (Å²) in [4.78, 5) is 11.6. The number of carbonyl (C=O) groups excluding carboxylic acids is 1. The summed E-state index contributed by atoms with van der Waals surface area (Å²) in [7, 11) is 0. The predicted octanol–water partition coefficient (Wildman–Crippen LogP) is 1.12. The number of hydrogen-bond donors (Lipinski definition) is 1. The highest BCUT2D eigenvalue weighted by Crippen LogP contribution is 2.08. The van der Waals surface area contributed by atoms with Gasteiger partial charge in [-0.25, -0.2) is 4.79 Å². The standard InChI is InChI=1S/C15H21NO4/c1-2-19-15(17)14-9-16-8-13(20-14)11-18-10-12-6-4-3-5-7-12/h3-7,13-14,16H,2,8-11H2,1H3/t13-,14?/m0/s1. The molecular weight excluding hydrogens is 258 g/mol. The van der Waals surface area contributed by atoms with Crippen molar-refractivity contribution in [3.05, 3.63) is 35.9 Å². The molecule has 1 aromatic carbocycles. The first-order valence-corrected chi connectivity index (χ1v) is 6.94. The number of nitrogens with one attached hydrogen (secondary N) is 1. The minimum atomic E-state index is -0.533. The molecule has 2 rings (SSSR count). The van der Waals surface area contributed by atoms with Gasteiger partial charge in [-0.2, -0.15) is 0 Å². The molecule has 1 aromatic rings. The maximum atomic E-state index is 11.6. The average Bonchev–Trinajstić information content (AvgIpc) is 2.49. The largest absolute Gasteiger partial charge is 0.464 e. The van der Waals surface area contributed by atoms with Gasteiger partial charge in [0.1, 0.15) is 0 Å². The van der Waals surface area contributed by atoms with Gasteiger partial charge in [-0.1, -0.05) is 30.3 Å². The van der Waals surface area contributed by atoms with Crippen molar-refractivity contribution in [1.82, 2.24) is 5.32 Å². The summed E-state index contributed by atoms with van der Waals surface area (Å²) >= 11 is 0. The Balaban J connectivity index is 1.71. The number of rotatable bonds is 6. The summed E-state index contributed by atoms with van der Waals surface area (Å²) < 4.78 is 16.3. The predicted molar refractivity (Wildman–Crippen MR) is 74.3 cm³/mol. The average molecular weight is 279 g/mol. The van der Waals surface area contributed by atoms with Gasteiger partial charge in [-0.05, 0) is 12.5 Å². The molecular formula is C15H21NO4. The van der Waals surface area contributed by atoms with Crippen LogP contribution in [0.2, 0.25) is 0 Å². The van der Waals surface area contributed by atoms with Crippen LogP contribution in [-0.4, -0.2) is 44.5 Å². The molecule has 5 nitrogen and oxygen atoms in total. The van der Waals surface area contributed by atoms with Crippen LogP contribution in [0, 0.1) is 0 Å². The first-order valence-electron chi connectivity index (χ1n) is 6.94. The normalized spacial score (nSPS) is 22.4. The second-order valence-corrected chi connectivity index (χ2v) is 4.66. The van der Waals surface area contributed by atoms with Crippen molar-refractivity contribution in [2.45, 2.75) is 25.7 Å². The van der Waals surface area contributed by atoms with Crippen LogP contribution in [0.5, 0.6) is 0 Å². The van der Waals surface area contributed by atoms with Crippen molar-refractivity contribution in [2.24, 2.45) is 0 Å². The van der Waals surface area contributed by atoms with E-state index in [-0.39, 0.29) is 12.1 Å². The molecule has 2 atom stereocenters. The Labute approximate surface area is 119 Å². The molecule has 1 N–H and O–H groups in total. The lowest BCUT2D eigenvalue weighted by atomic mass is 10.2. The highest BCUT2D eigenvalue weighted by Gasteiger charge is 2.28. The Morgan fingerprint density at radius 3 is 2.90 bits per heavy atom. The van der Waals surface area contributed by atoms with E-state index in [1.165, 1.54) is 0 Å². The van der Waals surface area contributed by atoms with Crippen LogP contribution < -0.4 is 5.32 Å². The molecule has 1 aliphatic heterocycles. The van der Waals surface area contributed by atoms with E-state index in [1.54, 1.807) is 6.92 Å². The molecule has 0 bridgehead atoms. The quantitative estimate of drug-likeness (QED) is 0.791. The highest BCUT2D eigenvalue weighted by molar-refractivity contribution is 5.75. The van der Waals surface area contributed by atoms with E-state index in [0.29, 0.717) is 32.9 Å². The van der Waals surface area contributed by atoms with Crippen LogP contribution >= 0.6 is 0 Å². The number of benzene rings is 1. The molecule has 0 radical (unpaired) electrons. The Morgan fingerprint density at radius 2 is 2.15 bits per heavy atom. The lowest BCUT2D eigenvalue weighted by Gasteiger charge is -2.29. The van der Waals surface area contributed by atoms with Crippen LogP contribution in [0.3, 0.4) is 0 Å². The van der Waals surface area contributed by atoms with E-state index in [2.05, 4.69) is 5.32 Å². The number of esters is 1. The van der Waals surface area contributed by atoms with E-state index in [0.717, 1.165) is 5.56 Å². The van der Waals surface area contributed by atoms with E-state index < -0.39 is 6.10 Å². The molecule has 1 unspecified atom stereocenters. The van der Waals surface area contributed by atoms with E-state index in [9.17, 15) is 4.79 Å². The van der Waals surface area contributed by atoms with E-state index >= 15 is 0 Å². The lowest BCUT2D eigenvalue weighted by Crippen LogP contribution is -2.50. The van der Waals surface area contributed by atoms with Crippen LogP contribution in [0.15, 0.2) is 30.3 Å². The molecule has 110 valence electrons. The van der Waals surface area contributed by atoms with Gasteiger partial charge >= 0.3 is 5.97 Å². The first-order chi connectivity index (χ1) is 9.79. The topological polar surface area (TPSA) is 56.8 Å². The summed E-state index contributed by atoms with van der Waals surface area (Å²) in [6, 6.07) is 9.96. The molecule has 1 fully saturated rings.